The molecule has 0 aliphatic heterocycles. The van der Waals surface area contributed by atoms with Crippen molar-refractivity contribution in [3.8, 4) is 0 Å². The molecule has 3 nitrogen and oxygen atoms in total. The van der Waals surface area contributed by atoms with Gasteiger partial charge in [0.25, 0.3) is 0 Å². The van der Waals surface area contributed by atoms with Crippen molar-refractivity contribution in [3.63, 3.8) is 0 Å². The van der Waals surface area contributed by atoms with Crippen molar-refractivity contribution in [2.24, 2.45) is 0 Å². The standard InChI is InChI=1S/C18H23ClN2O/c1-5-16(11-15(4)19)12-20-18(22)13-21(6-2)17-10-8-7-9-14(17)3/h5,7-11H,1,4,6,12-13H2,2-3H3,(H,20,22)/b16-11+. The Balaban J connectivity index is 2.65. The second kappa shape index (κ2) is 9.11. The van der Waals surface area contributed by atoms with Crippen molar-refractivity contribution >= 4 is 23.2 Å². The van der Waals surface area contributed by atoms with Crippen LogP contribution in [0.4, 0.5) is 5.69 Å². The number of hydrogen-bond acceptors (Lipinski definition) is 2. The number of carbonyl (C=O) groups is 1. The third-order valence-corrected chi connectivity index (χ3v) is 3.38. The minimum absolute atomic E-state index is 0.0435. The molecule has 0 bridgehead atoms. The van der Waals surface area contributed by atoms with E-state index in [-0.39, 0.29) is 5.91 Å². The number of likely N-dealkylation sites (N-methyl/N-ethyl adjacent to an activating group) is 1. The zero-order valence-electron chi connectivity index (χ0n) is 13.2. The van der Waals surface area contributed by atoms with Crippen molar-refractivity contribution in [3.05, 3.63) is 65.7 Å². The average Bonchev–Trinajstić information content (AvgIpc) is 2.49. The average molecular weight is 319 g/mol. The highest BCUT2D eigenvalue weighted by atomic mass is 35.5. The lowest BCUT2D eigenvalue weighted by molar-refractivity contribution is -0.119. The predicted molar refractivity (Wildman–Crippen MR) is 95.3 cm³/mol. The van der Waals surface area contributed by atoms with Crippen LogP contribution in [-0.2, 0) is 4.79 Å². The van der Waals surface area contributed by atoms with Gasteiger partial charge in [-0.15, -0.1) is 0 Å². The Morgan fingerprint density at radius 3 is 2.64 bits per heavy atom. The van der Waals surface area contributed by atoms with Crippen molar-refractivity contribution in [2.75, 3.05) is 24.5 Å². The van der Waals surface area contributed by atoms with Crippen LogP contribution in [0.5, 0.6) is 0 Å². The van der Waals surface area contributed by atoms with E-state index < -0.39 is 0 Å². The van der Waals surface area contributed by atoms with Gasteiger partial charge in [0.1, 0.15) is 0 Å². The third-order valence-electron chi connectivity index (χ3n) is 3.27. The van der Waals surface area contributed by atoms with Crippen LogP contribution in [-0.4, -0.2) is 25.5 Å². The van der Waals surface area contributed by atoms with E-state index in [2.05, 4.69) is 18.5 Å². The number of hydrogen-bond donors (Lipinski definition) is 1. The summed E-state index contributed by atoms with van der Waals surface area (Å²) in [5.41, 5.74) is 3.06. The maximum absolute atomic E-state index is 12.1. The molecule has 0 saturated carbocycles. The monoisotopic (exact) mass is 318 g/mol. The summed E-state index contributed by atoms with van der Waals surface area (Å²) in [6.07, 6.45) is 3.35. The first kappa shape index (κ1) is 18.1. The zero-order chi connectivity index (χ0) is 16.5. The van der Waals surface area contributed by atoms with Crippen molar-refractivity contribution in [2.45, 2.75) is 13.8 Å². The van der Waals surface area contributed by atoms with Gasteiger partial charge in [-0.25, -0.2) is 0 Å². The number of nitrogens with zero attached hydrogens (tertiary/aromatic N) is 1. The number of allylic oxidation sites excluding steroid dienone is 2. The molecule has 0 unspecified atom stereocenters. The first-order valence-electron chi connectivity index (χ1n) is 7.22. The topological polar surface area (TPSA) is 32.3 Å². The Morgan fingerprint density at radius 1 is 1.41 bits per heavy atom. The Bertz CT molecular complexity index is 578. The SMILES string of the molecule is C=C/C(=C\C(=C)Cl)CNC(=O)CN(CC)c1ccccc1C. The molecular weight excluding hydrogens is 296 g/mol. The molecule has 0 heterocycles. The number of aryl methyl sites for hydroxylation is 1. The fourth-order valence-electron chi connectivity index (χ4n) is 2.10. The number of carbonyl (C=O) groups excluding carboxylic acids is 1. The van der Waals surface area contributed by atoms with Gasteiger partial charge >= 0.3 is 0 Å². The summed E-state index contributed by atoms with van der Waals surface area (Å²) >= 11 is 5.73. The highest BCUT2D eigenvalue weighted by Gasteiger charge is 2.11. The number of para-hydroxylation sites is 1. The first-order chi connectivity index (χ1) is 10.5. The second-order valence-corrected chi connectivity index (χ2v) is 5.43. The van der Waals surface area contributed by atoms with E-state index >= 15 is 0 Å². The number of anilines is 1. The predicted octanol–water partition coefficient (Wildman–Crippen LogP) is 3.80. The van der Waals surface area contributed by atoms with Gasteiger partial charge in [0.05, 0.1) is 6.54 Å². The molecular formula is C18H23ClN2O. The number of amides is 1. The molecule has 0 saturated heterocycles. The summed E-state index contributed by atoms with van der Waals surface area (Å²) in [6.45, 7) is 12.8. The fourth-order valence-corrected chi connectivity index (χ4v) is 2.24. The van der Waals surface area contributed by atoms with Gasteiger partial charge in [-0.2, -0.15) is 0 Å². The smallest absolute Gasteiger partial charge is 0.239 e. The lowest BCUT2D eigenvalue weighted by Gasteiger charge is -2.24. The number of benzene rings is 1. The highest BCUT2D eigenvalue weighted by molar-refractivity contribution is 6.30. The van der Waals surface area contributed by atoms with Crippen LogP contribution in [0.15, 0.2) is 60.2 Å². The van der Waals surface area contributed by atoms with Crippen LogP contribution < -0.4 is 10.2 Å². The van der Waals surface area contributed by atoms with Crippen LogP contribution >= 0.6 is 11.6 Å². The molecule has 0 aliphatic carbocycles. The highest BCUT2D eigenvalue weighted by Crippen LogP contribution is 2.18. The Hall–Kier alpha value is -2.00. The number of rotatable bonds is 8. The van der Waals surface area contributed by atoms with Gasteiger partial charge in [-0.05, 0) is 37.1 Å². The van der Waals surface area contributed by atoms with Crippen molar-refractivity contribution in [1.29, 1.82) is 0 Å². The molecule has 0 aliphatic rings. The lowest BCUT2D eigenvalue weighted by atomic mass is 10.2. The van der Waals surface area contributed by atoms with Crippen LogP contribution in [0.25, 0.3) is 0 Å². The van der Waals surface area contributed by atoms with E-state index in [0.717, 1.165) is 23.4 Å². The van der Waals surface area contributed by atoms with Crippen LogP contribution in [0, 0.1) is 6.92 Å². The van der Waals surface area contributed by atoms with Crippen molar-refractivity contribution in [1.82, 2.24) is 5.32 Å². The lowest BCUT2D eigenvalue weighted by Crippen LogP contribution is -2.38. The zero-order valence-corrected chi connectivity index (χ0v) is 14.0. The first-order valence-corrected chi connectivity index (χ1v) is 7.60. The Labute approximate surface area is 138 Å². The van der Waals surface area contributed by atoms with Gasteiger partial charge in [0, 0.05) is 23.8 Å². The summed E-state index contributed by atoms with van der Waals surface area (Å²) < 4.78 is 0. The maximum atomic E-state index is 12.1. The van der Waals surface area contributed by atoms with Gasteiger partial charge in [-0.1, -0.05) is 49.0 Å². The molecule has 22 heavy (non-hydrogen) atoms. The molecule has 0 atom stereocenters. The molecule has 118 valence electrons. The Kier molecular flexibility index (Phi) is 7.47. The minimum atomic E-state index is -0.0435. The number of halogens is 1. The Morgan fingerprint density at radius 2 is 2.09 bits per heavy atom. The fraction of sp³-hybridized carbons (Fsp3) is 0.278. The normalized spacial score (nSPS) is 11.0. The van der Waals surface area contributed by atoms with Gasteiger partial charge < -0.3 is 10.2 Å². The molecule has 1 N–H and O–H groups in total. The summed E-state index contributed by atoms with van der Waals surface area (Å²) in [5, 5.41) is 3.29. The van der Waals surface area contributed by atoms with Crippen LogP contribution in [0.3, 0.4) is 0 Å². The largest absolute Gasteiger partial charge is 0.362 e. The minimum Gasteiger partial charge on any atom is -0.362 e. The molecule has 1 amide bonds. The molecule has 4 heteroatoms. The van der Waals surface area contributed by atoms with E-state index in [1.807, 2.05) is 43.0 Å². The molecule has 1 rings (SSSR count). The summed E-state index contributed by atoms with van der Waals surface area (Å²) in [7, 11) is 0. The van der Waals surface area contributed by atoms with Gasteiger partial charge in [0.15, 0.2) is 0 Å². The van der Waals surface area contributed by atoms with Gasteiger partial charge in [-0.3, -0.25) is 4.79 Å². The summed E-state index contributed by atoms with van der Waals surface area (Å²) in [6, 6.07) is 8.04. The van der Waals surface area contributed by atoms with Gasteiger partial charge in [0.2, 0.25) is 5.91 Å². The third kappa shape index (κ3) is 5.78. The molecule has 0 aromatic heterocycles. The van der Waals surface area contributed by atoms with Crippen LogP contribution in [0.2, 0.25) is 0 Å². The number of nitrogens with one attached hydrogen (secondary N) is 1. The van der Waals surface area contributed by atoms with E-state index in [1.165, 1.54) is 0 Å². The molecule has 0 spiro atoms. The summed E-state index contributed by atoms with van der Waals surface area (Å²) in [4.78, 5) is 14.2. The van der Waals surface area contributed by atoms with E-state index in [9.17, 15) is 4.79 Å². The maximum Gasteiger partial charge on any atom is 0.239 e. The van der Waals surface area contributed by atoms with Crippen LogP contribution in [0.1, 0.15) is 12.5 Å². The second-order valence-electron chi connectivity index (χ2n) is 4.95. The van der Waals surface area contributed by atoms with E-state index in [4.69, 9.17) is 11.6 Å². The van der Waals surface area contributed by atoms with Crippen molar-refractivity contribution < 1.29 is 4.79 Å². The van der Waals surface area contributed by atoms with E-state index in [1.54, 1.807) is 12.2 Å². The molecule has 0 fully saturated rings. The quantitative estimate of drug-likeness (QED) is 0.739. The molecule has 0 radical (unpaired) electrons. The van der Waals surface area contributed by atoms with E-state index in [0.29, 0.717) is 18.1 Å². The molecule has 1 aromatic rings. The summed E-state index contributed by atoms with van der Waals surface area (Å²) in [5.74, 6) is -0.0435. The molecule has 1 aromatic carbocycles.